The average Bonchev–Trinajstić information content (AvgIpc) is 2.48. The molecule has 0 aliphatic heterocycles. The zero-order valence-electron chi connectivity index (χ0n) is 14.0. The first-order chi connectivity index (χ1) is 10.2. The summed E-state index contributed by atoms with van der Waals surface area (Å²) in [4.78, 5) is 4.29. The quantitative estimate of drug-likeness (QED) is 0.801. The van der Waals surface area contributed by atoms with Crippen molar-refractivity contribution < 1.29 is 0 Å². The Bertz CT molecular complexity index is 388. The molecule has 0 saturated heterocycles. The number of hydrogen-bond acceptors (Lipinski definition) is 2. The van der Waals surface area contributed by atoms with E-state index in [9.17, 15) is 0 Å². The summed E-state index contributed by atoms with van der Waals surface area (Å²) in [6, 6.07) is 4.91. The van der Waals surface area contributed by atoms with Crippen LogP contribution in [0.15, 0.2) is 24.5 Å². The van der Waals surface area contributed by atoms with Crippen LogP contribution in [0.5, 0.6) is 0 Å². The Balaban J connectivity index is 1.97. The van der Waals surface area contributed by atoms with E-state index in [1.807, 2.05) is 6.20 Å². The largest absolute Gasteiger partial charge is 0.314 e. The van der Waals surface area contributed by atoms with Crippen LogP contribution in [0.25, 0.3) is 0 Å². The van der Waals surface area contributed by atoms with E-state index in [1.54, 1.807) is 0 Å². The molecule has 1 fully saturated rings. The highest BCUT2D eigenvalue weighted by Crippen LogP contribution is 2.37. The van der Waals surface area contributed by atoms with Gasteiger partial charge < -0.3 is 5.32 Å². The van der Waals surface area contributed by atoms with Gasteiger partial charge in [-0.1, -0.05) is 46.1 Å². The van der Waals surface area contributed by atoms with E-state index >= 15 is 0 Å². The molecular formula is C19H32N2. The third kappa shape index (κ3) is 5.43. The molecule has 1 aliphatic carbocycles. The van der Waals surface area contributed by atoms with Crippen LogP contribution >= 0.6 is 0 Å². The maximum absolute atomic E-state index is 4.29. The first-order valence-electron chi connectivity index (χ1n) is 8.81. The molecule has 21 heavy (non-hydrogen) atoms. The van der Waals surface area contributed by atoms with Crippen LogP contribution in [0.4, 0.5) is 0 Å². The van der Waals surface area contributed by atoms with Crippen LogP contribution in [0.3, 0.4) is 0 Å². The van der Waals surface area contributed by atoms with Gasteiger partial charge in [0.1, 0.15) is 0 Å². The fourth-order valence-corrected chi connectivity index (χ4v) is 3.82. The Morgan fingerprint density at radius 2 is 2.14 bits per heavy atom. The van der Waals surface area contributed by atoms with E-state index in [4.69, 9.17) is 0 Å². The molecule has 2 rings (SSSR count). The molecule has 3 unspecified atom stereocenters. The van der Waals surface area contributed by atoms with Gasteiger partial charge in [-0.3, -0.25) is 4.98 Å². The van der Waals surface area contributed by atoms with E-state index in [1.165, 1.54) is 50.6 Å². The molecule has 2 heteroatoms. The van der Waals surface area contributed by atoms with Crippen molar-refractivity contribution in [2.75, 3.05) is 6.54 Å². The lowest BCUT2D eigenvalue weighted by molar-refractivity contribution is 0.165. The van der Waals surface area contributed by atoms with Crippen LogP contribution < -0.4 is 5.32 Å². The number of nitrogens with zero attached hydrogens (tertiary/aromatic N) is 1. The molecule has 0 amide bonds. The summed E-state index contributed by atoms with van der Waals surface area (Å²) >= 11 is 0. The highest BCUT2D eigenvalue weighted by atomic mass is 14.9. The first-order valence-corrected chi connectivity index (χ1v) is 8.81. The molecule has 1 saturated carbocycles. The predicted molar refractivity (Wildman–Crippen MR) is 90.3 cm³/mol. The molecule has 1 aromatic heterocycles. The van der Waals surface area contributed by atoms with Gasteiger partial charge in [-0.2, -0.15) is 0 Å². The number of rotatable bonds is 7. The Kier molecular flexibility index (Phi) is 6.69. The SMILES string of the molecule is CCCC1CCC(CNC(C)C)C(Cc2cccnc2)C1. The van der Waals surface area contributed by atoms with Crippen molar-refractivity contribution in [2.45, 2.75) is 65.3 Å². The topological polar surface area (TPSA) is 24.9 Å². The van der Waals surface area contributed by atoms with Gasteiger partial charge >= 0.3 is 0 Å². The second kappa shape index (κ2) is 8.53. The van der Waals surface area contributed by atoms with Gasteiger partial charge in [0.2, 0.25) is 0 Å². The number of aromatic nitrogens is 1. The summed E-state index contributed by atoms with van der Waals surface area (Å²) in [5, 5.41) is 3.66. The van der Waals surface area contributed by atoms with Crippen LogP contribution in [-0.4, -0.2) is 17.6 Å². The molecule has 0 radical (unpaired) electrons. The average molecular weight is 288 g/mol. The zero-order chi connectivity index (χ0) is 15.1. The molecular weight excluding hydrogens is 256 g/mol. The lowest BCUT2D eigenvalue weighted by Gasteiger charge is -2.37. The molecule has 1 aliphatic rings. The minimum absolute atomic E-state index is 0.595. The summed E-state index contributed by atoms with van der Waals surface area (Å²) < 4.78 is 0. The minimum Gasteiger partial charge on any atom is -0.314 e. The van der Waals surface area contributed by atoms with Crippen molar-refractivity contribution >= 4 is 0 Å². The zero-order valence-corrected chi connectivity index (χ0v) is 14.0. The Morgan fingerprint density at radius 1 is 1.29 bits per heavy atom. The summed E-state index contributed by atoms with van der Waals surface area (Å²) in [5.41, 5.74) is 1.41. The molecule has 2 nitrogen and oxygen atoms in total. The van der Waals surface area contributed by atoms with Crippen LogP contribution in [-0.2, 0) is 6.42 Å². The van der Waals surface area contributed by atoms with Gasteiger partial charge in [-0.05, 0) is 55.2 Å². The molecule has 1 aromatic rings. The lowest BCUT2D eigenvalue weighted by atomic mass is 9.70. The third-order valence-corrected chi connectivity index (χ3v) is 4.95. The maximum Gasteiger partial charge on any atom is 0.0299 e. The number of hydrogen-bond donors (Lipinski definition) is 1. The predicted octanol–water partition coefficient (Wildman–Crippen LogP) is 4.45. The lowest BCUT2D eigenvalue weighted by Crippen LogP contribution is -2.36. The van der Waals surface area contributed by atoms with E-state index in [-0.39, 0.29) is 0 Å². The Morgan fingerprint density at radius 3 is 2.81 bits per heavy atom. The Hall–Kier alpha value is -0.890. The van der Waals surface area contributed by atoms with Crippen molar-refractivity contribution in [1.82, 2.24) is 10.3 Å². The molecule has 1 N–H and O–H groups in total. The van der Waals surface area contributed by atoms with Gasteiger partial charge in [0.05, 0.1) is 0 Å². The summed E-state index contributed by atoms with van der Waals surface area (Å²) in [7, 11) is 0. The van der Waals surface area contributed by atoms with E-state index in [0.717, 1.165) is 17.8 Å². The number of pyridine rings is 1. The Labute approximate surface area is 130 Å². The highest BCUT2D eigenvalue weighted by Gasteiger charge is 2.30. The molecule has 1 heterocycles. The van der Waals surface area contributed by atoms with Crippen molar-refractivity contribution in [3.8, 4) is 0 Å². The molecule has 3 atom stereocenters. The third-order valence-electron chi connectivity index (χ3n) is 4.95. The summed E-state index contributed by atoms with van der Waals surface area (Å²) in [5.74, 6) is 2.61. The van der Waals surface area contributed by atoms with Crippen molar-refractivity contribution in [2.24, 2.45) is 17.8 Å². The molecule has 0 aromatic carbocycles. The van der Waals surface area contributed by atoms with Crippen molar-refractivity contribution in [1.29, 1.82) is 0 Å². The molecule has 0 spiro atoms. The summed E-state index contributed by atoms with van der Waals surface area (Å²) in [6.45, 7) is 8.00. The standard InChI is InChI=1S/C19H32N2/c1-4-6-16-8-9-18(14-21-15(2)3)19(11-16)12-17-7-5-10-20-13-17/h5,7,10,13,15-16,18-19,21H,4,6,8-9,11-12,14H2,1-3H3. The van der Waals surface area contributed by atoms with Gasteiger partial charge in [0.15, 0.2) is 0 Å². The van der Waals surface area contributed by atoms with Crippen LogP contribution in [0.2, 0.25) is 0 Å². The van der Waals surface area contributed by atoms with Crippen LogP contribution in [0, 0.1) is 17.8 Å². The second-order valence-corrected chi connectivity index (χ2v) is 7.12. The van der Waals surface area contributed by atoms with Gasteiger partial charge in [0.25, 0.3) is 0 Å². The van der Waals surface area contributed by atoms with Crippen molar-refractivity contribution in [3.05, 3.63) is 30.1 Å². The van der Waals surface area contributed by atoms with E-state index in [0.29, 0.717) is 6.04 Å². The van der Waals surface area contributed by atoms with E-state index in [2.05, 4.69) is 49.4 Å². The highest BCUT2D eigenvalue weighted by molar-refractivity contribution is 5.10. The fourth-order valence-electron chi connectivity index (χ4n) is 3.82. The van der Waals surface area contributed by atoms with Gasteiger partial charge in [-0.15, -0.1) is 0 Å². The maximum atomic E-state index is 4.29. The molecule has 118 valence electrons. The molecule has 0 bridgehead atoms. The normalized spacial score (nSPS) is 26.2. The fraction of sp³-hybridized carbons (Fsp3) is 0.737. The first kappa shape index (κ1) is 16.5. The van der Waals surface area contributed by atoms with Crippen molar-refractivity contribution in [3.63, 3.8) is 0 Å². The van der Waals surface area contributed by atoms with Gasteiger partial charge in [0, 0.05) is 18.4 Å². The minimum atomic E-state index is 0.595. The van der Waals surface area contributed by atoms with Gasteiger partial charge in [-0.25, -0.2) is 0 Å². The second-order valence-electron chi connectivity index (χ2n) is 7.12. The summed E-state index contributed by atoms with van der Waals surface area (Å²) in [6.07, 6.45) is 12.1. The van der Waals surface area contributed by atoms with E-state index < -0.39 is 0 Å². The number of nitrogens with one attached hydrogen (secondary N) is 1. The monoisotopic (exact) mass is 288 g/mol. The smallest absolute Gasteiger partial charge is 0.0299 e. The van der Waals surface area contributed by atoms with Crippen LogP contribution in [0.1, 0.15) is 58.4 Å².